The molecule has 0 saturated heterocycles. The number of hydrogen-bond donors (Lipinski definition) is 1. The van der Waals surface area contributed by atoms with E-state index in [1.54, 1.807) is 18.5 Å². The number of carboxylic acid groups (broad SMARTS) is 1. The number of rotatable bonds is 13. The van der Waals surface area contributed by atoms with Gasteiger partial charge in [0.05, 0.1) is 30.1 Å². The van der Waals surface area contributed by atoms with Gasteiger partial charge in [-0.3, -0.25) is 4.79 Å². The van der Waals surface area contributed by atoms with Crippen LogP contribution in [0.4, 0.5) is 5.69 Å². The largest absolute Gasteiger partial charge is 1.00 e. The summed E-state index contributed by atoms with van der Waals surface area (Å²) >= 11 is 1.52. The number of aryl methyl sites for hydroxylation is 1. The first-order valence-corrected chi connectivity index (χ1v) is 14.6. The molecule has 4 aromatic rings. The molecule has 1 aromatic heterocycles. The number of hydrogen-bond acceptors (Lipinski definition) is 7. The predicted molar refractivity (Wildman–Crippen MR) is 159 cm³/mol. The fraction of sp³-hybridized carbons (Fsp3) is 0.250. The van der Waals surface area contributed by atoms with Gasteiger partial charge in [0.25, 0.3) is 5.91 Å². The van der Waals surface area contributed by atoms with Crippen molar-refractivity contribution >= 4 is 29.3 Å². The molecule has 7 nitrogen and oxygen atoms in total. The zero-order valence-corrected chi connectivity index (χ0v) is 24.6. The van der Waals surface area contributed by atoms with Gasteiger partial charge in [0.1, 0.15) is 6.33 Å². The number of benzene rings is 3. The van der Waals surface area contributed by atoms with Gasteiger partial charge in [-0.15, -0.1) is 0 Å². The topological polar surface area (TPSA) is 98.2 Å². The Morgan fingerprint density at radius 2 is 1.66 bits per heavy atom. The Labute approximate surface area is 258 Å². The van der Waals surface area contributed by atoms with Gasteiger partial charge in [0.2, 0.25) is 0 Å². The van der Waals surface area contributed by atoms with Gasteiger partial charge in [-0.05, 0) is 71.7 Å². The summed E-state index contributed by atoms with van der Waals surface area (Å²) in [4.78, 5) is 35.8. The van der Waals surface area contributed by atoms with Crippen LogP contribution >= 0.6 is 11.8 Å². The van der Waals surface area contributed by atoms with Crippen molar-refractivity contribution in [3.8, 4) is 11.1 Å². The van der Waals surface area contributed by atoms with Gasteiger partial charge in [-0.25, -0.2) is 9.97 Å². The fourth-order valence-corrected chi connectivity index (χ4v) is 5.06. The molecule has 0 bridgehead atoms. The molecule has 1 unspecified atom stereocenters. The smallest absolute Gasteiger partial charge is 0.548 e. The Hall–Kier alpha value is -3.57. The van der Waals surface area contributed by atoms with Crippen molar-refractivity contribution in [1.29, 1.82) is 0 Å². The van der Waals surface area contributed by atoms with E-state index in [-0.39, 0.29) is 18.9 Å². The monoisotopic (exact) mass is 560 g/mol. The van der Waals surface area contributed by atoms with Crippen LogP contribution in [0.3, 0.4) is 0 Å². The normalized spacial score (nSPS) is 11.3. The Kier molecular flexibility index (Phi) is 12.5. The summed E-state index contributed by atoms with van der Waals surface area (Å²) in [7, 11) is 0. The van der Waals surface area contributed by atoms with Crippen molar-refractivity contribution in [2.24, 2.45) is 0 Å². The predicted octanol–water partition coefficient (Wildman–Crippen LogP) is 1.31. The number of carbonyl (C=O) groups excluding carboxylic acids is 2. The van der Waals surface area contributed by atoms with Crippen LogP contribution in [0, 0.1) is 6.92 Å². The second kappa shape index (κ2) is 16.0. The molecule has 4 rings (SSSR count). The van der Waals surface area contributed by atoms with E-state index >= 15 is 0 Å². The molecule has 206 valence electrons. The zero-order valence-electron chi connectivity index (χ0n) is 23.7. The quantitative estimate of drug-likeness (QED) is 0.246. The maximum Gasteiger partial charge on any atom is 1.00 e. The van der Waals surface area contributed by atoms with Gasteiger partial charge in [0, 0.05) is 18.7 Å². The Balaban J connectivity index is 0.00000462. The summed E-state index contributed by atoms with van der Waals surface area (Å²) in [6, 6.07) is 22.8. The van der Waals surface area contributed by atoms with Gasteiger partial charge in [-0.2, -0.15) is 11.8 Å². The average Bonchev–Trinajstić information content (AvgIpc) is 2.98. The number of carbonyl (C=O) groups is 2. The van der Waals surface area contributed by atoms with E-state index in [0.717, 1.165) is 40.9 Å². The molecule has 0 radical (unpaired) electrons. The second-order valence-corrected chi connectivity index (χ2v) is 10.6. The van der Waals surface area contributed by atoms with Crippen LogP contribution in [0.25, 0.3) is 11.1 Å². The number of anilines is 1. The van der Waals surface area contributed by atoms with Crippen LogP contribution in [-0.2, 0) is 17.8 Å². The SMILES string of the molecule is CSCCC(NC(=O)c1ccc(CN(CCc2ccccc2)c2cncnc2)cc1-c1ccccc1C)C(=O)[O-].[Li+]. The molecule has 3 aromatic carbocycles. The van der Waals surface area contributed by atoms with Crippen LogP contribution < -0.4 is 34.2 Å². The standard InChI is InChI=1S/C32H34N4O3S.Li/c1-23-8-6-7-11-27(23)29-18-25(12-13-28(29)31(37)35-30(32(38)39)15-17-40-2)21-36(26-19-33-22-34-20-26)16-14-24-9-4-3-5-10-24;/h3-13,18-20,22,30H,14-17,21H2,1-2H3,(H,35,37)(H,38,39);/q;+1/p-1. The van der Waals surface area contributed by atoms with Crippen molar-refractivity contribution in [3.63, 3.8) is 0 Å². The number of carboxylic acids is 1. The van der Waals surface area contributed by atoms with Gasteiger partial charge in [-0.1, -0.05) is 60.7 Å². The maximum atomic E-state index is 13.4. The minimum atomic E-state index is -1.28. The molecule has 0 aliphatic heterocycles. The molecular formula is C32H33LiN4O3S. The number of aliphatic carboxylic acids is 1. The van der Waals surface area contributed by atoms with E-state index in [9.17, 15) is 14.7 Å². The van der Waals surface area contributed by atoms with Crippen molar-refractivity contribution in [1.82, 2.24) is 15.3 Å². The van der Waals surface area contributed by atoms with Crippen molar-refractivity contribution in [2.75, 3.05) is 23.5 Å². The van der Waals surface area contributed by atoms with E-state index in [0.29, 0.717) is 24.3 Å². The van der Waals surface area contributed by atoms with Crippen molar-refractivity contribution in [2.45, 2.75) is 32.4 Å². The molecule has 41 heavy (non-hydrogen) atoms. The molecule has 1 heterocycles. The van der Waals surface area contributed by atoms with Crippen molar-refractivity contribution < 1.29 is 33.6 Å². The maximum absolute atomic E-state index is 13.4. The third-order valence-corrected chi connectivity index (χ3v) is 7.41. The molecular weight excluding hydrogens is 527 g/mol. The van der Waals surface area contributed by atoms with Crippen LogP contribution in [0.2, 0.25) is 0 Å². The van der Waals surface area contributed by atoms with Crippen LogP contribution in [0.1, 0.15) is 33.5 Å². The molecule has 0 saturated carbocycles. The molecule has 0 aliphatic carbocycles. The molecule has 1 amide bonds. The first-order chi connectivity index (χ1) is 19.5. The molecule has 9 heteroatoms. The summed E-state index contributed by atoms with van der Waals surface area (Å²) in [6.45, 7) is 3.33. The third-order valence-electron chi connectivity index (χ3n) is 6.76. The molecule has 0 aliphatic rings. The summed E-state index contributed by atoms with van der Waals surface area (Å²) in [6.07, 6.45) is 8.16. The van der Waals surface area contributed by atoms with Crippen LogP contribution in [-0.4, -0.2) is 46.4 Å². The second-order valence-electron chi connectivity index (χ2n) is 9.58. The number of thioether (sulfide) groups is 1. The summed E-state index contributed by atoms with van der Waals surface area (Å²) < 4.78 is 0. The van der Waals surface area contributed by atoms with E-state index in [1.807, 2.05) is 67.8 Å². The number of nitrogens with zero attached hydrogens (tertiary/aromatic N) is 3. The first kappa shape index (κ1) is 31.9. The fourth-order valence-electron chi connectivity index (χ4n) is 4.59. The third kappa shape index (κ3) is 8.96. The van der Waals surface area contributed by atoms with E-state index < -0.39 is 17.9 Å². The van der Waals surface area contributed by atoms with Gasteiger partial charge < -0.3 is 20.1 Å². The van der Waals surface area contributed by atoms with Crippen LogP contribution in [0.15, 0.2) is 91.5 Å². The number of amides is 1. The summed E-state index contributed by atoms with van der Waals surface area (Å²) in [5, 5.41) is 14.4. The minimum absolute atomic E-state index is 0. The minimum Gasteiger partial charge on any atom is -0.548 e. The summed E-state index contributed by atoms with van der Waals surface area (Å²) in [5.74, 6) is -1.11. The van der Waals surface area contributed by atoms with E-state index in [2.05, 4.69) is 32.3 Å². The molecule has 1 N–H and O–H groups in total. The Morgan fingerprint density at radius 1 is 0.951 bits per heavy atom. The Morgan fingerprint density at radius 3 is 2.34 bits per heavy atom. The van der Waals surface area contributed by atoms with E-state index in [1.165, 1.54) is 23.7 Å². The average molecular weight is 561 g/mol. The van der Waals surface area contributed by atoms with E-state index in [4.69, 9.17) is 0 Å². The van der Waals surface area contributed by atoms with Gasteiger partial charge >= 0.3 is 18.9 Å². The molecule has 0 spiro atoms. The first-order valence-electron chi connectivity index (χ1n) is 13.2. The molecule has 1 atom stereocenters. The summed E-state index contributed by atoms with van der Waals surface area (Å²) in [5.41, 5.74) is 6.26. The van der Waals surface area contributed by atoms with Crippen LogP contribution in [0.5, 0.6) is 0 Å². The van der Waals surface area contributed by atoms with Gasteiger partial charge in [0.15, 0.2) is 0 Å². The Bertz CT molecular complexity index is 1420. The van der Waals surface area contributed by atoms with Crippen molar-refractivity contribution in [3.05, 3.63) is 114 Å². The molecule has 0 fully saturated rings. The zero-order chi connectivity index (χ0) is 28.3. The number of aromatic nitrogens is 2. The number of nitrogens with one attached hydrogen (secondary N) is 1.